The van der Waals surface area contributed by atoms with E-state index in [1.807, 2.05) is 0 Å². The fourth-order valence-electron chi connectivity index (χ4n) is 2.15. The van der Waals surface area contributed by atoms with Gasteiger partial charge in [0.05, 0.1) is 0 Å². The van der Waals surface area contributed by atoms with Gasteiger partial charge in [0, 0.05) is 12.1 Å². The zero-order valence-electron chi connectivity index (χ0n) is 10.5. The predicted molar refractivity (Wildman–Crippen MR) is 60.5 cm³/mol. The molecule has 0 aromatic carbocycles. The molecule has 0 spiro atoms. The number of carbonyl (C=O) groups is 1. The Kier molecular flexibility index (Phi) is 4.47. The van der Waals surface area contributed by atoms with E-state index in [9.17, 15) is 18.0 Å². The van der Waals surface area contributed by atoms with Gasteiger partial charge in [0.15, 0.2) is 0 Å². The number of alkyl halides is 3. The molecule has 1 fully saturated rings. The Labute approximate surface area is 104 Å². The molecule has 0 aromatic rings. The minimum atomic E-state index is -4.29. The Morgan fingerprint density at radius 3 is 1.94 bits per heavy atom. The minimum Gasteiger partial charge on any atom is -0.465 e. The van der Waals surface area contributed by atoms with Crippen LogP contribution < -0.4 is 10.6 Å². The molecule has 7 heteroatoms. The van der Waals surface area contributed by atoms with Crippen LogP contribution in [0, 0.1) is 0 Å². The smallest absolute Gasteiger partial charge is 0.406 e. The van der Waals surface area contributed by atoms with Crippen molar-refractivity contribution in [2.24, 2.45) is 0 Å². The molecule has 0 atom stereocenters. The van der Waals surface area contributed by atoms with Crippen molar-refractivity contribution < 1.29 is 23.1 Å². The van der Waals surface area contributed by atoms with Crippen molar-refractivity contribution >= 4 is 6.09 Å². The Balaban J connectivity index is 2.42. The molecule has 1 aliphatic carbocycles. The summed E-state index contributed by atoms with van der Waals surface area (Å²) < 4.78 is 38.1. The second kappa shape index (κ2) is 5.34. The number of rotatable bonds is 3. The number of carboxylic acid groups (broad SMARTS) is 1. The van der Waals surface area contributed by atoms with Crippen LogP contribution in [0.4, 0.5) is 18.0 Å². The quantitative estimate of drug-likeness (QED) is 0.737. The maximum Gasteiger partial charge on any atom is 0.406 e. The van der Waals surface area contributed by atoms with Crippen LogP contribution >= 0.6 is 0 Å². The third-order valence-electron chi connectivity index (χ3n) is 3.33. The molecule has 0 unspecified atom stereocenters. The van der Waals surface area contributed by atoms with Gasteiger partial charge in [0.1, 0.15) is 5.54 Å². The summed E-state index contributed by atoms with van der Waals surface area (Å²) >= 11 is 0. The Morgan fingerprint density at radius 2 is 1.56 bits per heavy atom. The lowest BCUT2D eigenvalue weighted by molar-refractivity contribution is -0.188. The van der Waals surface area contributed by atoms with Crippen LogP contribution in [0.1, 0.15) is 39.5 Å². The molecular weight excluding hydrogens is 249 g/mol. The number of nitrogens with one attached hydrogen (secondary N) is 2. The molecule has 0 aromatic heterocycles. The molecular formula is C11H19F3N2O2. The molecule has 1 amide bonds. The van der Waals surface area contributed by atoms with Crippen molar-refractivity contribution in [3.8, 4) is 0 Å². The minimum absolute atomic E-state index is 0.144. The summed E-state index contributed by atoms with van der Waals surface area (Å²) in [6.07, 6.45) is -3.14. The Bertz CT molecular complexity index is 297. The van der Waals surface area contributed by atoms with E-state index in [1.54, 1.807) is 0 Å². The second-order valence-electron chi connectivity index (χ2n) is 5.27. The average Bonchev–Trinajstić information content (AvgIpc) is 2.18. The summed E-state index contributed by atoms with van der Waals surface area (Å²) in [5, 5.41) is 13.5. The summed E-state index contributed by atoms with van der Waals surface area (Å²) in [7, 11) is 0. The monoisotopic (exact) mass is 268 g/mol. The van der Waals surface area contributed by atoms with Gasteiger partial charge >= 0.3 is 12.3 Å². The van der Waals surface area contributed by atoms with Gasteiger partial charge in [-0.05, 0) is 39.5 Å². The fraction of sp³-hybridized carbons (Fsp3) is 0.909. The third-order valence-corrected chi connectivity index (χ3v) is 3.33. The SMILES string of the molecule is CC(C)(NC1CCC(NC(=O)O)CC1)C(F)(F)F. The lowest BCUT2D eigenvalue weighted by atomic mass is 9.89. The van der Waals surface area contributed by atoms with E-state index in [1.165, 1.54) is 0 Å². The number of halogens is 3. The van der Waals surface area contributed by atoms with Crippen molar-refractivity contribution in [1.29, 1.82) is 0 Å². The largest absolute Gasteiger partial charge is 0.465 e. The van der Waals surface area contributed by atoms with Gasteiger partial charge in [-0.15, -0.1) is 0 Å². The molecule has 3 N–H and O–H groups in total. The highest BCUT2D eigenvalue weighted by Gasteiger charge is 2.48. The summed E-state index contributed by atoms with van der Waals surface area (Å²) in [6, 6.07) is -0.358. The van der Waals surface area contributed by atoms with Gasteiger partial charge in [-0.2, -0.15) is 13.2 Å². The zero-order valence-corrected chi connectivity index (χ0v) is 10.5. The molecule has 0 aliphatic heterocycles. The molecule has 0 heterocycles. The van der Waals surface area contributed by atoms with Crippen LogP contribution in [0.25, 0.3) is 0 Å². The molecule has 1 saturated carbocycles. The van der Waals surface area contributed by atoms with Crippen LogP contribution in [0.15, 0.2) is 0 Å². The number of hydrogen-bond acceptors (Lipinski definition) is 2. The first kappa shape index (κ1) is 15.1. The van der Waals surface area contributed by atoms with Crippen LogP contribution in [-0.4, -0.2) is 35.0 Å². The summed E-state index contributed by atoms with van der Waals surface area (Å²) in [5.41, 5.74) is -1.91. The molecule has 0 saturated heterocycles. The first-order valence-corrected chi connectivity index (χ1v) is 5.96. The standard InChI is InChI=1S/C11H19F3N2O2/c1-10(2,11(12,13)14)16-8-5-3-7(4-6-8)15-9(17)18/h7-8,15-16H,3-6H2,1-2H3,(H,17,18). The number of hydrogen-bond donors (Lipinski definition) is 3. The maximum atomic E-state index is 12.7. The van der Waals surface area contributed by atoms with Crippen LogP contribution in [0.2, 0.25) is 0 Å². The lowest BCUT2D eigenvalue weighted by Crippen LogP contribution is -2.57. The molecule has 106 valence electrons. The molecule has 1 aliphatic rings. The third kappa shape index (κ3) is 4.04. The second-order valence-corrected chi connectivity index (χ2v) is 5.27. The summed E-state index contributed by atoms with van der Waals surface area (Å²) in [4.78, 5) is 10.4. The van der Waals surface area contributed by atoms with Crippen molar-refractivity contribution in [1.82, 2.24) is 10.6 Å². The molecule has 0 bridgehead atoms. The van der Waals surface area contributed by atoms with Gasteiger partial charge < -0.3 is 15.7 Å². The van der Waals surface area contributed by atoms with Crippen LogP contribution in [-0.2, 0) is 0 Å². The molecule has 18 heavy (non-hydrogen) atoms. The van der Waals surface area contributed by atoms with E-state index in [2.05, 4.69) is 10.6 Å². The van der Waals surface area contributed by atoms with E-state index in [0.29, 0.717) is 25.7 Å². The first-order valence-electron chi connectivity index (χ1n) is 5.96. The van der Waals surface area contributed by atoms with Crippen molar-refractivity contribution in [2.75, 3.05) is 0 Å². The molecule has 0 radical (unpaired) electrons. The average molecular weight is 268 g/mol. The molecule has 1 rings (SSSR count). The number of amides is 1. The van der Waals surface area contributed by atoms with Crippen molar-refractivity contribution in [2.45, 2.75) is 63.3 Å². The van der Waals surface area contributed by atoms with E-state index < -0.39 is 17.8 Å². The van der Waals surface area contributed by atoms with Gasteiger partial charge in [0.2, 0.25) is 0 Å². The van der Waals surface area contributed by atoms with Gasteiger partial charge in [-0.3, -0.25) is 0 Å². The van der Waals surface area contributed by atoms with E-state index >= 15 is 0 Å². The fourth-order valence-corrected chi connectivity index (χ4v) is 2.15. The molecule has 4 nitrogen and oxygen atoms in total. The summed E-state index contributed by atoms with van der Waals surface area (Å²) in [6.45, 7) is 2.24. The van der Waals surface area contributed by atoms with Gasteiger partial charge in [-0.25, -0.2) is 4.79 Å². The van der Waals surface area contributed by atoms with E-state index in [4.69, 9.17) is 5.11 Å². The van der Waals surface area contributed by atoms with Crippen molar-refractivity contribution in [3.63, 3.8) is 0 Å². The van der Waals surface area contributed by atoms with E-state index in [0.717, 1.165) is 13.8 Å². The summed E-state index contributed by atoms with van der Waals surface area (Å²) in [5.74, 6) is 0. The van der Waals surface area contributed by atoms with Crippen LogP contribution in [0.3, 0.4) is 0 Å². The highest BCUT2D eigenvalue weighted by molar-refractivity contribution is 5.64. The normalized spacial score (nSPS) is 25.8. The van der Waals surface area contributed by atoms with Crippen LogP contribution in [0.5, 0.6) is 0 Å². The highest BCUT2D eigenvalue weighted by atomic mass is 19.4. The van der Waals surface area contributed by atoms with E-state index in [-0.39, 0.29) is 12.1 Å². The Hall–Kier alpha value is -0.980. The van der Waals surface area contributed by atoms with Gasteiger partial charge in [0.25, 0.3) is 0 Å². The topological polar surface area (TPSA) is 61.4 Å². The zero-order chi connectivity index (χ0) is 14.0. The highest BCUT2D eigenvalue weighted by Crippen LogP contribution is 2.31. The Morgan fingerprint density at radius 1 is 1.11 bits per heavy atom. The first-order chi connectivity index (χ1) is 8.12. The van der Waals surface area contributed by atoms with Gasteiger partial charge in [-0.1, -0.05) is 0 Å². The maximum absolute atomic E-state index is 12.7. The lowest BCUT2D eigenvalue weighted by Gasteiger charge is -2.37. The predicted octanol–water partition coefficient (Wildman–Crippen LogP) is 2.50. The van der Waals surface area contributed by atoms with Crippen molar-refractivity contribution in [3.05, 3.63) is 0 Å².